The molecule has 0 bridgehead atoms. The van der Waals surface area contributed by atoms with E-state index in [1.807, 2.05) is 19.9 Å². The van der Waals surface area contributed by atoms with Crippen LogP contribution in [0.25, 0.3) is 0 Å². The second kappa shape index (κ2) is 3.07. The van der Waals surface area contributed by atoms with E-state index in [1.54, 1.807) is 0 Å². The number of nitriles is 2. The SMILES string of the molecule is Cc1cc(C2(C#N)CC2)c(C#N)c(C)n1. The molecule has 2 rings (SSSR count). The van der Waals surface area contributed by atoms with Crippen LogP contribution in [0, 0.1) is 36.5 Å². The lowest BCUT2D eigenvalue weighted by Crippen LogP contribution is -2.09. The van der Waals surface area contributed by atoms with Gasteiger partial charge in [-0.15, -0.1) is 0 Å². The van der Waals surface area contributed by atoms with Crippen LogP contribution in [-0.4, -0.2) is 4.98 Å². The Morgan fingerprint density at radius 1 is 1.33 bits per heavy atom. The van der Waals surface area contributed by atoms with E-state index in [4.69, 9.17) is 10.5 Å². The third kappa shape index (κ3) is 1.37. The first-order valence-corrected chi connectivity index (χ1v) is 4.93. The summed E-state index contributed by atoms with van der Waals surface area (Å²) >= 11 is 0. The van der Waals surface area contributed by atoms with Gasteiger partial charge in [-0.2, -0.15) is 10.5 Å². The maximum Gasteiger partial charge on any atom is 0.101 e. The molecule has 0 aromatic carbocycles. The van der Waals surface area contributed by atoms with Gasteiger partial charge in [0.25, 0.3) is 0 Å². The van der Waals surface area contributed by atoms with E-state index in [2.05, 4.69) is 17.1 Å². The third-order valence-corrected chi connectivity index (χ3v) is 2.92. The minimum Gasteiger partial charge on any atom is -0.257 e. The van der Waals surface area contributed by atoms with Crippen LogP contribution in [0.3, 0.4) is 0 Å². The zero-order valence-electron chi connectivity index (χ0n) is 8.83. The normalized spacial score (nSPS) is 16.5. The number of rotatable bonds is 1. The van der Waals surface area contributed by atoms with Crippen LogP contribution in [0.15, 0.2) is 6.07 Å². The number of nitrogens with zero attached hydrogens (tertiary/aromatic N) is 3. The molecule has 15 heavy (non-hydrogen) atoms. The van der Waals surface area contributed by atoms with E-state index in [1.165, 1.54) is 0 Å². The van der Waals surface area contributed by atoms with Gasteiger partial charge in [-0.25, -0.2) is 0 Å². The van der Waals surface area contributed by atoms with Gasteiger partial charge in [-0.05, 0) is 38.3 Å². The lowest BCUT2D eigenvalue weighted by Gasteiger charge is -2.11. The van der Waals surface area contributed by atoms with Crippen LogP contribution in [0.4, 0.5) is 0 Å². The second-order valence-corrected chi connectivity index (χ2v) is 4.08. The number of hydrogen-bond acceptors (Lipinski definition) is 3. The van der Waals surface area contributed by atoms with Crippen molar-refractivity contribution < 1.29 is 0 Å². The first-order chi connectivity index (χ1) is 7.13. The lowest BCUT2D eigenvalue weighted by molar-refractivity contribution is 0.884. The van der Waals surface area contributed by atoms with Crippen molar-refractivity contribution in [3.8, 4) is 12.1 Å². The van der Waals surface area contributed by atoms with Crippen LogP contribution >= 0.6 is 0 Å². The number of aryl methyl sites for hydroxylation is 2. The van der Waals surface area contributed by atoms with Crippen molar-refractivity contribution in [2.45, 2.75) is 32.1 Å². The molecule has 0 radical (unpaired) electrons. The fraction of sp³-hybridized carbons (Fsp3) is 0.417. The van der Waals surface area contributed by atoms with Crippen molar-refractivity contribution in [1.82, 2.24) is 4.98 Å². The molecule has 0 N–H and O–H groups in total. The number of hydrogen-bond donors (Lipinski definition) is 0. The van der Waals surface area contributed by atoms with Crippen LogP contribution in [0.5, 0.6) is 0 Å². The monoisotopic (exact) mass is 197 g/mol. The van der Waals surface area contributed by atoms with Crippen molar-refractivity contribution in [3.63, 3.8) is 0 Å². The van der Waals surface area contributed by atoms with Crippen molar-refractivity contribution in [2.24, 2.45) is 0 Å². The molecule has 1 fully saturated rings. The molecule has 1 heterocycles. The molecule has 3 heteroatoms. The largest absolute Gasteiger partial charge is 0.257 e. The molecular formula is C12H11N3. The van der Waals surface area contributed by atoms with Gasteiger partial charge >= 0.3 is 0 Å². The summed E-state index contributed by atoms with van der Waals surface area (Å²) in [6.45, 7) is 3.72. The molecule has 0 aliphatic heterocycles. The molecule has 0 amide bonds. The molecule has 0 saturated heterocycles. The van der Waals surface area contributed by atoms with E-state index in [0.717, 1.165) is 29.8 Å². The Balaban J connectivity index is 2.67. The maximum atomic E-state index is 9.13. The summed E-state index contributed by atoms with van der Waals surface area (Å²) in [7, 11) is 0. The highest BCUT2D eigenvalue weighted by atomic mass is 14.7. The van der Waals surface area contributed by atoms with E-state index in [-0.39, 0.29) is 0 Å². The topological polar surface area (TPSA) is 60.5 Å². The molecule has 1 saturated carbocycles. The quantitative estimate of drug-likeness (QED) is 0.692. The predicted molar refractivity (Wildman–Crippen MR) is 55.0 cm³/mol. The molecule has 0 unspecified atom stereocenters. The van der Waals surface area contributed by atoms with E-state index >= 15 is 0 Å². The van der Waals surface area contributed by atoms with Crippen molar-refractivity contribution >= 4 is 0 Å². The molecule has 0 atom stereocenters. The average molecular weight is 197 g/mol. The van der Waals surface area contributed by atoms with Crippen molar-refractivity contribution in [1.29, 1.82) is 10.5 Å². The zero-order valence-corrected chi connectivity index (χ0v) is 8.83. The molecule has 0 spiro atoms. The molecule has 1 aromatic rings. The van der Waals surface area contributed by atoms with Crippen molar-refractivity contribution in [2.75, 3.05) is 0 Å². The Morgan fingerprint density at radius 3 is 2.47 bits per heavy atom. The van der Waals surface area contributed by atoms with Crippen LogP contribution in [0.1, 0.15) is 35.4 Å². The highest BCUT2D eigenvalue weighted by Gasteiger charge is 2.46. The van der Waals surface area contributed by atoms with Crippen LogP contribution < -0.4 is 0 Å². The Morgan fingerprint density at radius 2 is 2.00 bits per heavy atom. The predicted octanol–water partition coefficient (Wildman–Crippen LogP) is 2.13. The minimum absolute atomic E-state index is 0.399. The summed E-state index contributed by atoms with van der Waals surface area (Å²) in [5.41, 5.74) is 2.66. The summed E-state index contributed by atoms with van der Waals surface area (Å²) in [6, 6.07) is 6.35. The zero-order chi connectivity index (χ0) is 11.1. The second-order valence-electron chi connectivity index (χ2n) is 4.08. The smallest absolute Gasteiger partial charge is 0.101 e. The summed E-state index contributed by atoms with van der Waals surface area (Å²) in [6.07, 6.45) is 1.72. The summed E-state index contributed by atoms with van der Waals surface area (Å²) in [5.74, 6) is 0. The highest BCUT2D eigenvalue weighted by Crippen LogP contribution is 2.49. The molecule has 74 valence electrons. The minimum atomic E-state index is -0.399. The summed E-state index contributed by atoms with van der Waals surface area (Å²) < 4.78 is 0. The van der Waals surface area contributed by atoms with E-state index < -0.39 is 5.41 Å². The molecule has 1 aliphatic rings. The van der Waals surface area contributed by atoms with Gasteiger partial charge in [-0.3, -0.25) is 4.98 Å². The number of pyridine rings is 1. The van der Waals surface area contributed by atoms with Gasteiger partial charge in [-0.1, -0.05) is 0 Å². The number of aromatic nitrogens is 1. The van der Waals surface area contributed by atoms with Gasteiger partial charge in [0, 0.05) is 5.69 Å². The van der Waals surface area contributed by atoms with Crippen LogP contribution in [0.2, 0.25) is 0 Å². The Kier molecular flexibility index (Phi) is 1.98. The fourth-order valence-electron chi connectivity index (χ4n) is 1.91. The van der Waals surface area contributed by atoms with Gasteiger partial charge in [0.15, 0.2) is 0 Å². The molecule has 1 aromatic heterocycles. The average Bonchev–Trinajstić information content (AvgIpc) is 2.97. The van der Waals surface area contributed by atoms with Crippen molar-refractivity contribution in [3.05, 3.63) is 28.6 Å². The van der Waals surface area contributed by atoms with E-state index in [0.29, 0.717) is 5.56 Å². The Labute approximate surface area is 89.0 Å². The van der Waals surface area contributed by atoms with Gasteiger partial charge < -0.3 is 0 Å². The summed E-state index contributed by atoms with van der Waals surface area (Å²) in [4.78, 5) is 4.25. The van der Waals surface area contributed by atoms with E-state index in [9.17, 15) is 0 Å². The van der Waals surface area contributed by atoms with Crippen LogP contribution in [-0.2, 0) is 5.41 Å². The highest BCUT2D eigenvalue weighted by molar-refractivity contribution is 5.51. The summed E-state index contributed by atoms with van der Waals surface area (Å²) in [5, 5.41) is 18.2. The molecule has 3 nitrogen and oxygen atoms in total. The van der Waals surface area contributed by atoms with Gasteiger partial charge in [0.05, 0.1) is 22.7 Å². The first kappa shape index (κ1) is 9.68. The van der Waals surface area contributed by atoms with Gasteiger partial charge in [0.1, 0.15) is 6.07 Å². The first-order valence-electron chi connectivity index (χ1n) is 4.93. The third-order valence-electron chi connectivity index (χ3n) is 2.92. The molecular weight excluding hydrogens is 186 g/mol. The molecule has 1 aliphatic carbocycles. The maximum absolute atomic E-state index is 9.13. The Bertz CT molecular complexity index is 499. The Hall–Kier alpha value is -1.87. The van der Waals surface area contributed by atoms with Gasteiger partial charge in [0.2, 0.25) is 0 Å². The lowest BCUT2D eigenvalue weighted by atomic mass is 9.92. The fourth-order valence-corrected chi connectivity index (χ4v) is 1.91. The standard InChI is InChI=1S/C12H11N3/c1-8-5-11(12(7-14)3-4-12)10(6-13)9(2)15-8/h5H,3-4H2,1-2H3.